The molecule has 0 fully saturated rings. The van der Waals surface area contributed by atoms with E-state index in [4.69, 9.17) is 0 Å². The van der Waals surface area contributed by atoms with Crippen LogP contribution in [-0.4, -0.2) is 8.07 Å². The molecule has 0 aliphatic rings. The van der Waals surface area contributed by atoms with E-state index in [1.807, 2.05) is 0 Å². The Hall–Kier alpha value is -0.613. The number of rotatable bonds is 10. The predicted octanol–water partition coefficient (Wildman–Crippen LogP) is 3.26. The van der Waals surface area contributed by atoms with Gasteiger partial charge in [0.25, 0.3) is 0 Å². The zero-order valence-corrected chi connectivity index (χ0v) is 19.6. The van der Waals surface area contributed by atoms with Gasteiger partial charge in [-0.15, -0.1) is 0 Å². The highest BCUT2D eigenvalue weighted by atomic mass is 127. The summed E-state index contributed by atoms with van der Waals surface area (Å²) < 4.78 is 3.18. The van der Waals surface area contributed by atoms with Crippen LogP contribution in [0.1, 0.15) is 51.0 Å². The fraction of sp³-hybridized carbons (Fsp3) is 0.478. The van der Waals surface area contributed by atoms with Crippen LogP contribution in [-0.2, 0) is 6.42 Å². The molecule has 25 heavy (non-hydrogen) atoms. The first kappa shape index (κ1) is 20.7. The highest BCUT2D eigenvalue weighted by molar-refractivity contribution is 6.88. The minimum atomic E-state index is -1.25. The molecule has 2 aromatic rings. The molecule has 0 nitrogen and oxygen atoms in total. The summed E-state index contributed by atoms with van der Waals surface area (Å²) in [7, 11) is -1.25. The first-order valence-electron chi connectivity index (χ1n) is 9.84. The number of halogens is 1. The summed E-state index contributed by atoms with van der Waals surface area (Å²) in [6.07, 6.45) is 9.54. The topological polar surface area (TPSA) is 0 Å². The van der Waals surface area contributed by atoms with E-state index in [2.05, 4.69) is 75.1 Å². The molecule has 0 aliphatic heterocycles. The van der Waals surface area contributed by atoms with Crippen molar-refractivity contribution in [1.29, 1.82) is 0 Å². The Morgan fingerprint density at radius 3 is 2.08 bits per heavy atom. The molecule has 0 amide bonds. The second-order valence-electron chi connectivity index (χ2n) is 7.97. The summed E-state index contributed by atoms with van der Waals surface area (Å²) in [5, 5.41) is 1.65. The molecule has 2 rings (SSSR count). The van der Waals surface area contributed by atoms with Crippen LogP contribution < -0.4 is 26.4 Å². The Balaban J connectivity index is 1.89. The summed E-state index contributed by atoms with van der Waals surface area (Å²) in [5.74, 6) is 0. The van der Waals surface area contributed by atoms with Crippen molar-refractivity contribution in [3.05, 3.63) is 61.2 Å². The van der Waals surface area contributed by atoms with Gasteiger partial charge in [-0.3, -0.25) is 0 Å². The maximum atomic E-state index is 2.46. The van der Waals surface area contributed by atoms with Gasteiger partial charge in [-0.1, -0.05) is 89.0 Å². The van der Waals surface area contributed by atoms with Gasteiger partial charge < -0.3 is 0 Å². The monoisotopic (exact) mass is 465 g/mol. The third-order valence-corrected chi connectivity index (χ3v) is 10.0. The van der Waals surface area contributed by atoms with Gasteiger partial charge in [-0.05, 0) is 41.8 Å². The van der Waals surface area contributed by atoms with Crippen LogP contribution in [0.5, 0.6) is 0 Å². The van der Waals surface area contributed by atoms with Gasteiger partial charge in [0.05, 0.1) is 8.07 Å². The second-order valence-corrected chi connectivity index (χ2v) is 16.0. The first-order valence-corrected chi connectivity index (χ1v) is 15.5. The summed E-state index contributed by atoms with van der Waals surface area (Å²) in [6.45, 7) is 9.66. The van der Waals surface area contributed by atoms with E-state index in [1.165, 1.54) is 50.5 Å². The lowest BCUT2D eigenvalue weighted by Gasteiger charge is -2.15. The molecular formula is C23H34ISi+. The minimum Gasteiger partial charge on any atom is -0.0655 e. The Labute approximate surface area is 166 Å². The molecule has 0 heterocycles. The van der Waals surface area contributed by atoms with E-state index in [0.29, 0.717) is 0 Å². The van der Waals surface area contributed by atoms with Crippen molar-refractivity contribution >= 4 is 13.3 Å². The summed E-state index contributed by atoms with van der Waals surface area (Å²) in [5.41, 5.74) is 1.52. The Morgan fingerprint density at radius 1 is 0.760 bits per heavy atom. The standard InChI is InChI=1S/C23H34ISi/c1-5-6-7-8-9-10-13-20-16-18-21(19-17-20)24-22-14-11-12-15-23(22)25(2,3)4/h11-12,14-19H,5-10,13H2,1-4H3/q+1. The summed E-state index contributed by atoms with van der Waals surface area (Å²) in [4.78, 5) is 0. The zero-order chi connectivity index (χ0) is 18.1. The molecule has 0 N–H and O–H groups in total. The van der Waals surface area contributed by atoms with Crippen molar-refractivity contribution in [1.82, 2.24) is 0 Å². The Bertz CT molecular complexity index is 625. The van der Waals surface area contributed by atoms with Crippen LogP contribution >= 0.6 is 0 Å². The molecule has 0 radical (unpaired) electrons. The van der Waals surface area contributed by atoms with Crippen molar-refractivity contribution in [2.24, 2.45) is 0 Å². The highest BCUT2D eigenvalue weighted by Crippen LogP contribution is 2.09. The lowest BCUT2D eigenvalue weighted by Crippen LogP contribution is -3.62. The van der Waals surface area contributed by atoms with Crippen LogP contribution in [0.25, 0.3) is 0 Å². The normalized spacial score (nSPS) is 11.7. The number of benzene rings is 2. The van der Waals surface area contributed by atoms with Crippen LogP contribution in [0.3, 0.4) is 0 Å². The van der Waals surface area contributed by atoms with Crippen LogP contribution in [0.15, 0.2) is 48.5 Å². The largest absolute Gasteiger partial charge is 0.357 e. The van der Waals surface area contributed by atoms with Crippen molar-refractivity contribution in [3.8, 4) is 0 Å². The van der Waals surface area contributed by atoms with E-state index in [-0.39, 0.29) is 21.2 Å². The fourth-order valence-corrected chi connectivity index (χ4v) is 9.48. The first-order chi connectivity index (χ1) is 12.0. The average molecular weight is 466 g/mol. The van der Waals surface area contributed by atoms with Gasteiger partial charge >= 0.3 is 21.2 Å². The van der Waals surface area contributed by atoms with Gasteiger partial charge in [-0.2, -0.15) is 0 Å². The molecule has 136 valence electrons. The second kappa shape index (κ2) is 10.5. The van der Waals surface area contributed by atoms with E-state index >= 15 is 0 Å². The van der Waals surface area contributed by atoms with Gasteiger partial charge in [0, 0.05) is 0 Å². The number of hydrogen-bond acceptors (Lipinski definition) is 0. The van der Waals surface area contributed by atoms with Crippen LogP contribution in [0.4, 0.5) is 0 Å². The zero-order valence-electron chi connectivity index (χ0n) is 16.4. The highest BCUT2D eigenvalue weighted by Gasteiger charge is 2.27. The number of hydrogen-bond donors (Lipinski definition) is 0. The minimum absolute atomic E-state index is 0.0611. The van der Waals surface area contributed by atoms with Crippen molar-refractivity contribution in [2.45, 2.75) is 71.5 Å². The van der Waals surface area contributed by atoms with E-state index in [9.17, 15) is 0 Å². The van der Waals surface area contributed by atoms with Crippen LogP contribution in [0.2, 0.25) is 19.6 Å². The molecule has 0 unspecified atom stereocenters. The van der Waals surface area contributed by atoms with Gasteiger partial charge in [0.2, 0.25) is 0 Å². The predicted molar refractivity (Wildman–Crippen MR) is 110 cm³/mol. The third-order valence-electron chi connectivity index (χ3n) is 4.63. The van der Waals surface area contributed by atoms with Crippen LogP contribution in [0, 0.1) is 7.14 Å². The summed E-state index contributed by atoms with van der Waals surface area (Å²) in [6, 6.07) is 18.7. The van der Waals surface area contributed by atoms with E-state index < -0.39 is 8.07 Å². The van der Waals surface area contributed by atoms with Gasteiger partial charge in [-0.25, -0.2) is 0 Å². The molecule has 2 heteroatoms. The van der Waals surface area contributed by atoms with E-state index in [1.54, 1.807) is 12.3 Å². The number of unbranched alkanes of at least 4 members (excludes halogenated alkanes) is 5. The van der Waals surface area contributed by atoms with E-state index in [0.717, 1.165) is 0 Å². The molecule has 0 bridgehead atoms. The molecule has 0 atom stereocenters. The lowest BCUT2D eigenvalue weighted by molar-refractivity contribution is -0.596. The van der Waals surface area contributed by atoms with Crippen molar-refractivity contribution in [3.63, 3.8) is 0 Å². The average Bonchev–Trinajstić information content (AvgIpc) is 2.59. The summed E-state index contributed by atoms with van der Waals surface area (Å²) >= 11 is -0.0611. The fourth-order valence-electron chi connectivity index (χ4n) is 3.09. The Kier molecular flexibility index (Phi) is 8.70. The molecule has 0 aromatic heterocycles. The maximum absolute atomic E-state index is 2.46. The molecule has 0 aliphatic carbocycles. The lowest BCUT2D eigenvalue weighted by atomic mass is 10.1. The quantitative estimate of drug-likeness (QED) is 0.287. The Morgan fingerprint density at radius 2 is 1.40 bits per heavy atom. The van der Waals surface area contributed by atoms with Crippen molar-refractivity contribution in [2.75, 3.05) is 0 Å². The van der Waals surface area contributed by atoms with Gasteiger partial charge in [0.1, 0.15) is 0 Å². The molecule has 2 aromatic carbocycles. The molecule has 0 spiro atoms. The molecule has 0 saturated carbocycles. The third kappa shape index (κ3) is 7.26. The maximum Gasteiger partial charge on any atom is 0.357 e. The smallest absolute Gasteiger partial charge is 0.0655 e. The molecular weight excluding hydrogens is 431 g/mol. The SMILES string of the molecule is CCCCCCCCc1ccc([I+]c2ccccc2[Si](C)(C)C)cc1. The van der Waals surface area contributed by atoms with Gasteiger partial charge in [0.15, 0.2) is 7.14 Å². The molecule has 0 saturated heterocycles. The van der Waals surface area contributed by atoms with Crippen molar-refractivity contribution < 1.29 is 21.2 Å². The number of aryl methyl sites for hydroxylation is 1.